The Morgan fingerprint density at radius 1 is 1.00 bits per heavy atom. The number of nitrogens with zero attached hydrogens (tertiary/aromatic N) is 1. The fourth-order valence-corrected chi connectivity index (χ4v) is 2.31. The van der Waals surface area contributed by atoms with Crippen molar-refractivity contribution in [1.29, 1.82) is 0 Å². The Balaban J connectivity index is 2.07. The maximum Gasteiger partial charge on any atom is 0.411 e. The van der Waals surface area contributed by atoms with Crippen LogP contribution in [0.3, 0.4) is 0 Å². The van der Waals surface area contributed by atoms with Crippen LogP contribution in [0.15, 0.2) is 54.6 Å². The fourth-order valence-electron chi connectivity index (χ4n) is 2.31. The van der Waals surface area contributed by atoms with E-state index in [9.17, 15) is 9.59 Å². The molecule has 0 saturated heterocycles. The number of rotatable bonds is 5. The van der Waals surface area contributed by atoms with Crippen LogP contribution in [0.4, 0.5) is 21.0 Å². The van der Waals surface area contributed by atoms with E-state index in [-0.39, 0.29) is 12.1 Å². The lowest BCUT2D eigenvalue weighted by atomic mass is 10.2. The smallest absolute Gasteiger partial charge is 0.411 e. The van der Waals surface area contributed by atoms with Gasteiger partial charge in [-0.1, -0.05) is 36.4 Å². The number of benzene rings is 2. The van der Waals surface area contributed by atoms with E-state index >= 15 is 0 Å². The molecule has 0 saturated carbocycles. The average Bonchev–Trinajstić information content (AvgIpc) is 2.60. The number of amides is 3. The Bertz CT molecular complexity index is 717. The molecule has 0 atom stereocenters. The highest BCUT2D eigenvalue weighted by Gasteiger charge is 2.17. The topological polar surface area (TPSA) is 70.7 Å². The van der Waals surface area contributed by atoms with Crippen LogP contribution in [0.5, 0.6) is 0 Å². The molecule has 2 rings (SSSR count). The van der Waals surface area contributed by atoms with Crippen molar-refractivity contribution >= 4 is 23.5 Å². The summed E-state index contributed by atoms with van der Waals surface area (Å²) >= 11 is 0. The monoisotopic (exact) mass is 341 g/mol. The third kappa shape index (κ3) is 5.53. The van der Waals surface area contributed by atoms with Crippen LogP contribution in [-0.2, 0) is 11.3 Å². The number of anilines is 2. The molecule has 0 aliphatic heterocycles. The Morgan fingerprint density at radius 2 is 1.64 bits per heavy atom. The van der Waals surface area contributed by atoms with E-state index < -0.39 is 6.09 Å². The molecule has 0 radical (unpaired) electrons. The zero-order valence-electron chi connectivity index (χ0n) is 14.7. The summed E-state index contributed by atoms with van der Waals surface area (Å²) in [7, 11) is 1.30. The minimum absolute atomic E-state index is 0.0385. The lowest BCUT2D eigenvalue weighted by Crippen LogP contribution is -2.39. The summed E-state index contributed by atoms with van der Waals surface area (Å²) in [6.07, 6.45) is -0.559. The van der Waals surface area contributed by atoms with Gasteiger partial charge in [-0.05, 0) is 37.6 Å². The van der Waals surface area contributed by atoms with Gasteiger partial charge in [0.05, 0.1) is 7.11 Å². The van der Waals surface area contributed by atoms with Gasteiger partial charge in [0.2, 0.25) is 0 Å². The molecular weight excluding hydrogens is 318 g/mol. The van der Waals surface area contributed by atoms with Crippen LogP contribution in [0, 0.1) is 0 Å². The Morgan fingerprint density at radius 3 is 2.24 bits per heavy atom. The molecule has 6 nitrogen and oxygen atoms in total. The van der Waals surface area contributed by atoms with Crippen molar-refractivity contribution in [1.82, 2.24) is 4.90 Å². The molecule has 0 spiro atoms. The molecule has 0 heterocycles. The second-order valence-corrected chi connectivity index (χ2v) is 5.83. The number of nitrogens with one attached hydrogen (secondary N) is 2. The van der Waals surface area contributed by atoms with E-state index in [0.29, 0.717) is 17.9 Å². The summed E-state index contributed by atoms with van der Waals surface area (Å²) < 4.78 is 4.57. The summed E-state index contributed by atoms with van der Waals surface area (Å²) in [5.74, 6) is 0. The molecule has 0 fully saturated rings. The van der Waals surface area contributed by atoms with Crippen molar-refractivity contribution in [3.8, 4) is 0 Å². The number of carbonyl (C=O) groups excluding carboxylic acids is 2. The van der Waals surface area contributed by atoms with Gasteiger partial charge in [-0.2, -0.15) is 0 Å². The van der Waals surface area contributed by atoms with E-state index in [1.165, 1.54) is 7.11 Å². The van der Waals surface area contributed by atoms with Crippen LogP contribution in [-0.4, -0.2) is 30.2 Å². The first kappa shape index (κ1) is 18.3. The van der Waals surface area contributed by atoms with Crippen LogP contribution in [0.2, 0.25) is 0 Å². The summed E-state index contributed by atoms with van der Waals surface area (Å²) in [6.45, 7) is 4.46. The van der Waals surface area contributed by atoms with Gasteiger partial charge >= 0.3 is 12.1 Å². The molecule has 2 aromatic rings. The van der Waals surface area contributed by atoms with Gasteiger partial charge in [0.25, 0.3) is 0 Å². The maximum absolute atomic E-state index is 12.7. The second-order valence-electron chi connectivity index (χ2n) is 5.83. The number of urea groups is 1. The van der Waals surface area contributed by atoms with E-state index in [1.807, 2.05) is 44.2 Å². The third-order valence-electron chi connectivity index (χ3n) is 3.63. The molecule has 3 amide bonds. The zero-order valence-corrected chi connectivity index (χ0v) is 14.7. The highest BCUT2D eigenvalue weighted by molar-refractivity contribution is 5.91. The van der Waals surface area contributed by atoms with Crippen molar-refractivity contribution in [2.24, 2.45) is 0 Å². The van der Waals surface area contributed by atoms with Gasteiger partial charge in [0, 0.05) is 24.0 Å². The number of ether oxygens (including phenoxy) is 1. The van der Waals surface area contributed by atoms with Gasteiger partial charge in [-0.15, -0.1) is 0 Å². The minimum atomic E-state index is -0.559. The summed E-state index contributed by atoms with van der Waals surface area (Å²) in [6, 6.07) is 16.6. The predicted molar refractivity (Wildman–Crippen MR) is 98.6 cm³/mol. The molecule has 0 aliphatic carbocycles. The van der Waals surface area contributed by atoms with E-state index in [4.69, 9.17) is 0 Å². The van der Waals surface area contributed by atoms with Crippen molar-refractivity contribution < 1.29 is 14.3 Å². The molecule has 0 aromatic heterocycles. The number of hydrogen-bond acceptors (Lipinski definition) is 3. The van der Waals surface area contributed by atoms with Gasteiger partial charge < -0.3 is 15.0 Å². The van der Waals surface area contributed by atoms with Crippen molar-refractivity contribution in [2.75, 3.05) is 17.7 Å². The quantitative estimate of drug-likeness (QED) is 0.851. The van der Waals surface area contributed by atoms with E-state index in [1.54, 1.807) is 29.2 Å². The first-order chi connectivity index (χ1) is 12.0. The SMILES string of the molecule is COC(=O)Nc1cccc(NC(=O)N(Cc2ccccc2)C(C)C)c1. The number of hydrogen-bond donors (Lipinski definition) is 2. The van der Waals surface area contributed by atoms with Gasteiger partial charge in [-0.3, -0.25) is 5.32 Å². The van der Waals surface area contributed by atoms with Crippen LogP contribution >= 0.6 is 0 Å². The second kappa shape index (κ2) is 8.73. The first-order valence-corrected chi connectivity index (χ1v) is 8.06. The molecule has 25 heavy (non-hydrogen) atoms. The maximum atomic E-state index is 12.7. The molecule has 0 aliphatic rings. The summed E-state index contributed by atoms with van der Waals surface area (Å²) in [4.78, 5) is 25.7. The van der Waals surface area contributed by atoms with E-state index in [0.717, 1.165) is 5.56 Å². The summed E-state index contributed by atoms with van der Waals surface area (Å²) in [5.41, 5.74) is 2.20. The van der Waals surface area contributed by atoms with Crippen molar-refractivity contribution in [3.05, 3.63) is 60.2 Å². The normalized spacial score (nSPS) is 10.2. The number of methoxy groups -OCH3 is 1. The summed E-state index contributed by atoms with van der Waals surface area (Å²) in [5, 5.41) is 5.44. The van der Waals surface area contributed by atoms with Crippen LogP contribution < -0.4 is 10.6 Å². The lowest BCUT2D eigenvalue weighted by molar-refractivity contribution is 0.187. The molecule has 132 valence electrons. The van der Waals surface area contributed by atoms with Gasteiger partial charge in [-0.25, -0.2) is 9.59 Å². The Kier molecular flexibility index (Phi) is 6.39. The van der Waals surface area contributed by atoms with E-state index in [2.05, 4.69) is 15.4 Å². The van der Waals surface area contributed by atoms with Crippen LogP contribution in [0.25, 0.3) is 0 Å². The molecule has 2 N–H and O–H groups in total. The standard InChI is InChI=1S/C19H23N3O3/c1-14(2)22(13-15-8-5-4-6-9-15)18(23)20-16-10-7-11-17(12-16)21-19(24)25-3/h4-12,14H,13H2,1-3H3,(H,20,23)(H,21,24). The minimum Gasteiger partial charge on any atom is -0.453 e. The highest BCUT2D eigenvalue weighted by Crippen LogP contribution is 2.17. The Hall–Kier alpha value is -3.02. The van der Waals surface area contributed by atoms with Crippen LogP contribution in [0.1, 0.15) is 19.4 Å². The molecular formula is C19H23N3O3. The van der Waals surface area contributed by atoms with Crippen molar-refractivity contribution in [3.63, 3.8) is 0 Å². The predicted octanol–water partition coefficient (Wildman–Crippen LogP) is 4.31. The highest BCUT2D eigenvalue weighted by atomic mass is 16.5. The third-order valence-corrected chi connectivity index (χ3v) is 3.63. The zero-order chi connectivity index (χ0) is 18.2. The fraction of sp³-hybridized carbons (Fsp3) is 0.263. The average molecular weight is 341 g/mol. The van der Waals surface area contributed by atoms with Gasteiger partial charge in [0.15, 0.2) is 0 Å². The molecule has 6 heteroatoms. The molecule has 2 aromatic carbocycles. The van der Waals surface area contributed by atoms with Crippen molar-refractivity contribution in [2.45, 2.75) is 26.4 Å². The molecule has 0 unspecified atom stereocenters. The lowest BCUT2D eigenvalue weighted by Gasteiger charge is -2.27. The first-order valence-electron chi connectivity index (χ1n) is 8.06. The largest absolute Gasteiger partial charge is 0.453 e. The molecule has 0 bridgehead atoms. The van der Waals surface area contributed by atoms with Gasteiger partial charge in [0.1, 0.15) is 0 Å². The number of carbonyl (C=O) groups is 2. The Labute approximate surface area is 147 Å².